The van der Waals surface area contributed by atoms with Gasteiger partial charge in [0.25, 0.3) is 0 Å². The maximum absolute atomic E-state index is 12.2. The average molecular weight is 410 g/mol. The Kier molecular flexibility index (Phi) is 4.90. The zero-order valence-electron chi connectivity index (χ0n) is 16.4. The number of anilines is 1. The highest BCUT2D eigenvalue weighted by atomic mass is 16.5. The molecule has 1 N–H and O–H groups in total. The number of benzene rings is 2. The number of hydrogen-bond acceptors (Lipinski definition) is 5. The van der Waals surface area contributed by atoms with Crippen LogP contribution < -0.4 is 10.1 Å². The number of para-hydroxylation sites is 2. The zero-order chi connectivity index (χ0) is 21.0. The van der Waals surface area contributed by atoms with Crippen LogP contribution in [-0.4, -0.2) is 20.3 Å². The predicted octanol–water partition coefficient (Wildman–Crippen LogP) is 4.71. The van der Waals surface area contributed by atoms with Crippen LogP contribution in [0, 0.1) is 0 Å². The molecule has 152 valence electrons. The van der Waals surface area contributed by atoms with E-state index in [1.165, 1.54) is 6.08 Å². The van der Waals surface area contributed by atoms with Crippen LogP contribution in [0.3, 0.4) is 0 Å². The molecule has 0 bridgehead atoms. The fourth-order valence-corrected chi connectivity index (χ4v) is 3.14. The van der Waals surface area contributed by atoms with Gasteiger partial charge in [0, 0.05) is 30.2 Å². The number of imidazole rings is 1. The second-order valence-corrected chi connectivity index (χ2v) is 6.85. The standard InChI is InChI=1S/C24H18N4O3/c29-23(12-13-24-27-20-5-1-2-6-21(20)31-24)26-17-8-10-19(11-9-17)30-16-18-15-28-14-4-3-7-22(28)25-18/h1-15H,16H2,(H,26,29)/b13-12+. The lowest BCUT2D eigenvalue weighted by atomic mass is 10.3. The first-order chi connectivity index (χ1) is 15.2. The molecule has 7 heteroatoms. The lowest BCUT2D eigenvalue weighted by Crippen LogP contribution is -2.07. The van der Waals surface area contributed by atoms with Crippen LogP contribution in [0.4, 0.5) is 5.69 Å². The van der Waals surface area contributed by atoms with E-state index in [9.17, 15) is 4.79 Å². The number of aromatic nitrogens is 3. The molecule has 31 heavy (non-hydrogen) atoms. The van der Waals surface area contributed by atoms with Gasteiger partial charge in [-0.2, -0.15) is 0 Å². The van der Waals surface area contributed by atoms with Gasteiger partial charge in [0.2, 0.25) is 11.8 Å². The van der Waals surface area contributed by atoms with Crippen LogP contribution in [0.5, 0.6) is 5.75 Å². The molecule has 0 saturated heterocycles. The Bertz CT molecular complexity index is 1320. The Morgan fingerprint density at radius 1 is 1.03 bits per heavy atom. The van der Waals surface area contributed by atoms with E-state index in [0.717, 1.165) is 16.9 Å². The van der Waals surface area contributed by atoms with E-state index in [0.29, 0.717) is 29.5 Å². The second kappa shape index (κ2) is 8.16. The Balaban J connectivity index is 1.17. The number of nitrogens with one attached hydrogen (secondary N) is 1. The van der Waals surface area contributed by atoms with Gasteiger partial charge in [-0.15, -0.1) is 0 Å². The molecule has 7 nitrogen and oxygen atoms in total. The average Bonchev–Trinajstić information content (AvgIpc) is 3.40. The molecule has 0 unspecified atom stereocenters. The SMILES string of the molecule is O=C(/C=C/c1nc2ccccc2o1)Nc1ccc(OCc2cn3ccccc3n2)cc1. The highest BCUT2D eigenvalue weighted by molar-refractivity contribution is 6.01. The smallest absolute Gasteiger partial charge is 0.248 e. The van der Waals surface area contributed by atoms with Crippen molar-refractivity contribution in [3.8, 4) is 5.75 Å². The summed E-state index contributed by atoms with van der Waals surface area (Å²) in [5.41, 5.74) is 3.81. The maximum Gasteiger partial charge on any atom is 0.248 e. The highest BCUT2D eigenvalue weighted by Crippen LogP contribution is 2.18. The van der Waals surface area contributed by atoms with Crippen LogP contribution >= 0.6 is 0 Å². The van der Waals surface area contributed by atoms with E-state index in [2.05, 4.69) is 15.3 Å². The molecule has 3 heterocycles. The van der Waals surface area contributed by atoms with Crippen molar-refractivity contribution in [2.75, 3.05) is 5.32 Å². The van der Waals surface area contributed by atoms with Crippen LogP contribution in [0.15, 0.2) is 89.6 Å². The zero-order valence-corrected chi connectivity index (χ0v) is 16.4. The number of nitrogens with zero attached hydrogens (tertiary/aromatic N) is 3. The molecular weight excluding hydrogens is 392 g/mol. The van der Waals surface area contributed by atoms with Crippen LogP contribution in [-0.2, 0) is 11.4 Å². The van der Waals surface area contributed by atoms with Gasteiger partial charge in [-0.05, 0) is 48.5 Å². The summed E-state index contributed by atoms with van der Waals surface area (Å²) in [6.07, 6.45) is 6.81. The molecule has 5 aromatic rings. The molecule has 0 aliphatic carbocycles. The molecule has 5 rings (SSSR count). The molecule has 0 spiro atoms. The van der Waals surface area contributed by atoms with Gasteiger partial charge >= 0.3 is 0 Å². The number of hydrogen-bond donors (Lipinski definition) is 1. The molecular formula is C24H18N4O3. The van der Waals surface area contributed by atoms with E-state index < -0.39 is 0 Å². The van der Waals surface area contributed by atoms with Crippen LogP contribution in [0.2, 0.25) is 0 Å². The summed E-state index contributed by atoms with van der Waals surface area (Å²) in [4.78, 5) is 21.0. The normalized spacial score (nSPS) is 11.4. The van der Waals surface area contributed by atoms with Crippen molar-refractivity contribution in [1.82, 2.24) is 14.4 Å². The van der Waals surface area contributed by atoms with Crippen molar-refractivity contribution >= 4 is 34.4 Å². The first-order valence-electron chi connectivity index (χ1n) is 9.73. The summed E-state index contributed by atoms with van der Waals surface area (Å²) >= 11 is 0. The number of carbonyl (C=O) groups excluding carboxylic acids is 1. The largest absolute Gasteiger partial charge is 0.487 e. The van der Waals surface area contributed by atoms with Gasteiger partial charge in [0.1, 0.15) is 23.5 Å². The van der Waals surface area contributed by atoms with Gasteiger partial charge in [0.05, 0.1) is 5.69 Å². The quantitative estimate of drug-likeness (QED) is 0.410. The first kappa shape index (κ1) is 18.6. The van der Waals surface area contributed by atoms with Crippen molar-refractivity contribution in [1.29, 1.82) is 0 Å². The summed E-state index contributed by atoms with van der Waals surface area (Å²) in [5, 5.41) is 2.80. The van der Waals surface area contributed by atoms with Crippen molar-refractivity contribution in [3.63, 3.8) is 0 Å². The maximum atomic E-state index is 12.2. The minimum Gasteiger partial charge on any atom is -0.487 e. The number of oxazole rings is 1. The minimum absolute atomic E-state index is 0.277. The second-order valence-electron chi connectivity index (χ2n) is 6.85. The van der Waals surface area contributed by atoms with Gasteiger partial charge < -0.3 is 18.9 Å². The van der Waals surface area contributed by atoms with E-state index in [4.69, 9.17) is 9.15 Å². The van der Waals surface area contributed by atoms with Crippen molar-refractivity contribution in [2.45, 2.75) is 6.61 Å². The molecule has 3 aromatic heterocycles. The van der Waals surface area contributed by atoms with E-state index >= 15 is 0 Å². The summed E-state index contributed by atoms with van der Waals surface area (Å²) in [6.45, 7) is 0.362. The number of rotatable bonds is 6. The molecule has 0 aliphatic rings. The molecule has 0 fully saturated rings. The molecule has 0 saturated carbocycles. The summed E-state index contributed by atoms with van der Waals surface area (Å²) < 4.78 is 13.3. The molecule has 2 aromatic carbocycles. The number of amides is 1. The summed E-state index contributed by atoms with van der Waals surface area (Å²) in [5.74, 6) is 0.796. The fraction of sp³-hybridized carbons (Fsp3) is 0.0417. The third-order valence-corrected chi connectivity index (χ3v) is 4.61. The van der Waals surface area contributed by atoms with Gasteiger partial charge in [-0.1, -0.05) is 18.2 Å². The third kappa shape index (κ3) is 4.30. The van der Waals surface area contributed by atoms with Gasteiger partial charge in [-0.25, -0.2) is 9.97 Å². The van der Waals surface area contributed by atoms with Crippen molar-refractivity contribution in [2.24, 2.45) is 0 Å². The third-order valence-electron chi connectivity index (χ3n) is 4.61. The summed E-state index contributed by atoms with van der Waals surface area (Å²) in [7, 11) is 0. The molecule has 0 radical (unpaired) electrons. The van der Waals surface area contributed by atoms with Gasteiger partial charge in [0.15, 0.2) is 5.58 Å². The van der Waals surface area contributed by atoms with Crippen molar-refractivity contribution in [3.05, 3.63) is 96.8 Å². The first-order valence-corrected chi connectivity index (χ1v) is 9.73. The molecule has 1 amide bonds. The number of ether oxygens (including phenoxy) is 1. The predicted molar refractivity (Wildman–Crippen MR) is 118 cm³/mol. The van der Waals surface area contributed by atoms with E-state index in [-0.39, 0.29) is 5.91 Å². The molecule has 0 aliphatic heterocycles. The minimum atomic E-state index is -0.277. The Morgan fingerprint density at radius 3 is 2.71 bits per heavy atom. The Hall–Kier alpha value is -4.39. The Morgan fingerprint density at radius 2 is 1.87 bits per heavy atom. The van der Waals surface area contributed by atoms with Gasteiger partial charge in [-0.3, -0.25) is 4.79 Å². The van der Waals surface area contributed by atoms with E-state index in [1.807, 2.05) is 59.3 Å². The number of fused-ring (bicyclic) bond motifs is 2. The monoisotopic (exact) mass is 410 g/mol. The highest BCUT2D eigenvalue weighted by Gasteiger charge is 2.05. The van der Waals surface area contributed by atoms with Crippen molar-refractivity contribution < 1.29 is 13.9 Å². The number of pyridine rings is 1. The number of carbonyl (C=O) groups is 1. The fourth-order valence-electron chi connectivity index (χ4n) is 3.14. The lowest BCUT2D eigenvalue weighted by molar-refractivity contribution is -0.111. The van der Waals surface area contributed by atoms with Crippen LogP contribution in [0.1, 0.15) is 11.6 Å². The van der Waals surface area contributed by atoms with E-state index in [1.54, 1.807) is 30.3 Å². The lowest BCUT2D eigenvalue weighted by Gasteiger charge is -2.06. The summed E-state index contributed by atoms with van der Waals surface area (Å²) in [6, 6.07) is 20.5. The Labute approximate surface area is 177 Å². The van der Waals surface area contributed by atoms with Crippen LogP contribution in [0.25, 0.3) is 22.8 Å². The topological polar surface area (TPSA) is 81.7 Å². The molecule has 0 atom stereocenters.